The molecule has 0 spiro atoms. The van der Waals surface area contributed by atoms with E-state index in [4.69, 9.17) is 10.5 Å². The Morgan fingerprint density at radius 1 is 1.19 bits per heavy atom. The van der Waals surface area contributed by atoms with Gasteiger partial charge in [-0.15, -0.1) is 5.10 Å². The first-order valence-electron chi connectivity index (χ1n) is 8.36. The van der Waals surface area contributed by atoms with Crippen LogP contribution in [0, 0.1) is 0 Å². The van der Waals surface area contributed by atoms with Crippen molar-refractivity contribution in [1.82, 2.24) is 24.6 Å². The summed E-state index contributed by atoms with van der Waals surface area (Å²) in [6.07, 6.45) is 1.76. The van der Waals surface area contributed by atoms with Crippen molar-refractivity contribution in [3.8, 4) is 5.69 Å². The molecule has 8 heteroatoms. The Morgan fingerprint density at radius 2 is 2.04 bits per heavy atom. The molecule has 8 nitrogen and oxygen atoms in total. The fourth-order valence-electron chi connectivity index (χ4n) is 3.79. The summed E-state index contributed by atoms with van der Waals surface area (Å²) in [6, 6.07) is 13.6. The number of para-hydroxylation sites is 1. The number of primary amides is 1. The predicted molar refractivity (Wildman–Crippen MR) is 91.3 cm³/mol. The standard InChI is InChI=1S/C18H16N6O2/c19-16(25)17-21-15-11-23-9-10-26-18(23,14-7-3-4-8-20-14)12-5-1-2-6-13(12)24(15)22-17/h1-8H,9-11H2,(H2,19,25). The Hall–Kier alpha value is -3.10. The van der Waals surface area contributed by atoms with Crippen molar-refractivity contribution in [2.24, 2.45) is 5.73 Å². The molecule has 2 N–H and O–H groups in total. The van der Waals surface area contributed by atoms with Crippen LogP contribution in [-0.4, -0.2) is 43.7 Å². The number of carbonyl (C=O) groups excluding carboxylic acids is 1. The first-order valence-corrected chi connectivity index (χ1v) is 8.36. The second kappa shape index (κ2) is 5.45. The maximum Gasteiger partial charge on any atom is 0.288 e. The molecular formula is C18H16N6O2. The van der Waals surface area contributed by atoms with Crippen molar-refractivity contribution in [3.05, 3.63) is 71.6 Å². The molecule has 3 aromatic rings. The molecule has 0 saturated carbocycles. The van der Waals surface area contributed by atoms with Crippen molar-refractivity contribution >= 4 is 5.91 Å². The van der Waals surface area contributed by atoms with Gasteiger partial charge in [-0.3, -0.25) is 14.7 Å². The highest BCUT2D eigenvalue weighted by Gasteiger charge is 2.50. The summed E-state index contributed by atoms with van der Waals surface area (Å²) in [5.41, 5.74) is 7.10. The van der Waals surface area contributed by atoms with Crippen LogP contribution in [0.1, 0.15) is 27.7 Å². The zero-order valence-electron chi connectivity index (χ0n) is 13.9. The average molecular weight is 348 g/mol. The lowest BCUT2D eigenvalue weighted by Gasteiger charge is -2.35. The minimum atomic E-state index is -0.812. The molecule has 0 radical (unpaired) electrons. The largest absolute Gasteiger partial charge is 0.363 e. The molecule has 0 bridgehead atoms. The Labute approximate surface area is 149 Å². The van der Waals surface area contributed by atoms with E-state index in [0.717, 1.165) is 16.9 Å². The van der Waals surface area contributed by atoms with Crippen LogP contribution in [-0.2, 0) is 17.0 Å². The molecule has 0 aliphatic carbocycles. The van der Waals surface area contributed by atoms with Gasteiger partial charge in [0, 0.05) is 18.3 Å². The van der Waals surface area contributed by atoms with E-state index in [9.17, 15) is 4.79 Å². The van der Waals surface area contributed by atoms with Crippen molar-refractivity contribution < 1.29 is 9.53 Å². The molecule has 1 amide bonds. The van der Waals surface area contributed by atoms with Crippen molar-refractivity contribution in [2.45, 2.75) is 12.3 Å². The number of hydrogen-bond donors (Lipinski definition) is 1. The van der Waals surface area contributed by atoms with E-state index in [1.807, 2.05) is 42.5 Å². The van der Waals surface area contributed by atoms with Crippen LogP contribution in [0.3, 0.4) is 0 Å². The number of nitrogens with zero attached hydrogens (tertiary/aromatic N) is 5. The third kappa shape index (κ3) is 1.97. The summed E-state index contributed by atoms with van der Waals surface area (Å²) in [4.78, 5) is 22.7. The minimum Gasteiger partial charge on any atom is -0.363 e. The summed E-state index contributed by atoms with van der Waals surface area (Å²) in [5.74, 6) is 0.0199. The van der Waals surface area contributed by atoms with Crippen molar-refractivity contribution in [1.29, 1.82) is 0 Å². The van der Waals surface area contributed by atoms with Crippen LogP contribution >= 0.6 is 0 Å². The molecule has 2 aliphatic heterocycles. The van der Waals surface area contributed by atoms with E-state index in [2.05, 4.69) is 20.0 Å². The van der Waals surface area contributed by atoms with E-state index >= 15 is 0 Å². The van der Waals surface area contributed by atoms with Crippen LogP contribution in [0.2, 0.25) is 0 Å². The lowest BCUT2D eigenvalue weighted by Crippen LogP contribution is -2.43. The third-order valence-corrected chi connectivity index (χ3v) is 4.85. The molecule has 26 heavy (non-hydrogen) atoms. The first-order chi connectivity index (χ1) is 12.7. The van der Waals surface area contributed by atoms with Crippen molar-refractivity contribution in [3.63, 3.8) is 0 Å². The van der Waals surface area contributed by atoms with Gasteiger partial charge >= 0.3 is 0 Å². The molecule has 1 unspecified atom stereocenters. The Bertz CT molecular complexity index is 1000. The topological polar surface area (TPSA) is 99.2 Å². The number of rotatable bonds is 2. The highest BCUT2D eigenvalue weighted by Crippen LogP contribution is 2.44. The van der Waals surface area contributed by atoms with Gasteiger partial charge in [-0.2, -0.15) is 0 Å². The fraction of sp³-hybridized carbons (Fsp3) is 0.222. The maximum absolute atomic E-state index is 11.6. The molecule has 1 aromatic carbocycles. The summed E-state index contributed by atoms with van der Waals surface area (Å²) in [7, 11) is 0. The number of nitrogens with two attached hydrogens (primary N) is 1. The molecular weight excluding hydrogens is 332 g/mol. The Morgan fingerprint density at radius 3 is 2.85 bits per heavy atom. The first kappa shape index (κ1) is 15.2. The molecule has 1 atom stereocenters. The average Bonchev–Trinajstić information content (AvgIpc) is 3.26. The van der Waals surface area contributed by atoms with E-state index in [1.165, 1.54) is 0 Å². The smallest absolute Gasteiger partial charge is 0.288 e. The minimum absolute atomic E-state index is 0.0141. The van der Waals surface area contributed by atoms with Gasteiger partial charge in [0.25, 0.3) is 5.91 Å². The van der Waals surface area contributed by atoms with Gasteiger partial charge in [0.05, 0.1) is 24.5 Å². The summed E-state index contributed by atoms with van der Waals surface area (Å²) in [6.45, 7) is 1.75. The Balaban J connectivity index is 1.81. The number of fused-ring (bicyclic) bond motifs is 5. The molecule has 130 valence electrons. The van der Waals surface area contributed by atoms with Gasteiger partial charge in [-0.25, -0.2) is 9.67 Å². The number of amides is 1. The van der Waals surface area contributed by atoms with Gasteiger partial charge in [0.1, 0.15) is 5.82 Å². The molecule has 2 aromatic heterocycles. The molecule has 4 heterocycles. The van der Waals surface area contributed by atoms with Gasteiger partial charge in [0.2, 0.25) is 5.82 Å². The molecule has 2 aliphatic rings. The van der Waals surface area contributed by atoms with Crippen LogP contribution in [0.25, 0.3) is 5.69 Å². The van der Waals surface area contributed by atoms with E-state index in [0.29, 0.717) is 25.5 Å². The van der Waals surface area contributed by atoms with Gasteiger partial charge in [-0.1, -0.05) is 24.3 Å². The number of carbonyl (C=O) groups is 1. The predicted octanol–water partition coefficient (Wildman–Crippen LogP) is 0.808. The lowest BCUT2D eigenvalue weighted by molar-refractivity contribution is -0.0585. The molecule has 1 fully saturated rings. The highest BCUT2D eigenvalue weighted by molar-refractivity contribution is 5.88. The number of ether oxygens (including phenoxy) is 1. The summed E-state index contributed by atoms with van der Waals surface area (Å²) >= 11 is 0. The van der Waals surface area contributed by atoms with Gasteiger partial charge in [-0.05, 0) is 18.2 Å². The SMILES string of the molecule is NC(=O)c1nc2n(n1)-c1ccccc1C1(c3ccccn3)OCCN1C2. The molecule has 5 rings (SSSR count). The number of pyridine rings is 1. The molecule has 1 saturated heterocycles. The monoisotopic (exact) mass is 348 g/mol. The van der Waals surface area contributed by atoms with E-state index < -0.39 is 11.6 Å². The normalized spacial score (nSPS) is 21.5. The fourth-order valence-corrected chi connectivity index (χ4v) is 3.79. The van der Waals surface area contributed by atoms with Crippen LogP contribution in [0.15, 0.2) is 48.7 Å². The van der Waals surface area contributed by atoms with E-state index in [-0.39, 0.29) is 5.82 Å². The summed E-state index contributed by atoms with van der Waals surface area (Å²) < 4.78 is 8.00. The zero-order valence-corrected chi connectivity index (χ0v) is 13.9. The third-order valence-electron chi connectivity index (χ3n) is 4.85. The Kier molecular flexibility index (Phi) is 3.18. The summed E-state index contributed by atoms with van der Waals surface area (Å²) in [5, 5.41) is 4.33. The maximum atomic E-state index is 11.6. The van der Waals surface area contributed by atoms with Crippen molar-refractivity contribution in [2.75, 3.05) is 13.2 Å². The van der Waals surface area contributed by atoms with Gasteiger partial charge < -0.3 is 10.5 Å². The number of aromatic nitrogens is 4. The second-order valence-electron chi connectivity index (χ2n) is 6.27. The lowest BCUT2D eigenvalue weighted by atomic mass is 9.95. The van der Waals surface area contributed by atoms with E-state index in [1.54, 1.807) is 10.9 Å². The number of benzene rings is 1. The van der Waals surface area contributed by atoms with Crippen LogP contribution in [0.4, 0.5) is 0 Å². The van der Waals surface area contributed by atoms with Gasteiger partial charge in [0.15, 0.2) is 5.72 Å². The zero-order chi connectivity index (χ0) is 17.7. The van der Waals surface area contributed by atoms with Crippen LogP contribution < -0.4 is 5.73 Å². The highest BCUT2D eigenvalue weighted by atomic mass is 16.5. The van der Waals surface area contributed by atoms with Crippen LogP contribution in [0.5, 0.6) is 0 Å². The quantitative estimate of drug-likeness (QED) is 0.736. The second-order valence-corrected chi connectivity index (χ2v) is 6.27. The number of hydrogen-bond acceptors (Lipinski definition) is 6.